The van der Waals surface area contributed by atoms with Gasteiger partial charge in [0.15, 0.2) is 0 Å². The van der Waals surface area contributed by atoms with Crippen molar-refractivity contribution in [2.75, 3.05) is 13.2 Å². The van der Waals surface area contributed by atoms with Crippen LogP contribution in [0, 0.1) is 18.3 Å². The Bertz CT molecular complexity index is 550. The lowest BCUT2D eigenvalue weighted by atomic mass is 10.0. The fraction of sp³-hybridized carbons (Fsp3) is 0.579. The third kappa shape index (κ3) is 6.43. The van der Waals surface area contributed by atoms with Crippen molar-refractivity contribution in [2.24, 2.45) is 5.92 Å². The summed E-state index contributed by atoms with van der Waals surface area (Å²) in [6.45, 7) is 5.10. The highest BCUT2D eigenvalue weighted by molar-refractivity contribution is 5.85. The van der Waals surface area contributed by atoms with E-state index in [1.54, 1.807) is 6.92 Å². The van der Waals surface area contributed by atoms with Gasteiger partial charge in [0.1, 0.15) is 5.75 Å². The summed E-state index contributed by atoms with van der Waals surface area (Å²) in [5.74, 6) is 1.51. The maximum atomic E-state index is 11.3. The molecule has 1 aromatic carbocycles. The highest BCUT2D eigenvalue weighted by Crippen LogP contribution is 2.30. The van der Waals surface area contributed by atoms with E-state index in [1.807, 2.05) is 6.07 Å². The summed E-state index contributed by atoms with van der Waals surface area (Å²) in [6, 6.07) is 6.25. The molecule has 1 fully saturated rings. The summed E-state index contributed by atoms with van der Waals surface area (Å²) in [4.78, 5) is 11.3. The van der Waals surface area contributed by atoms with Gasteiger partial charge in [0, 0.05) is 5.71 Å². The molecule has 0 radical (unpaired) electrons. The van der Waals surface area contributed by atoms with Gasteiger partial charge in [0.05, 0.1) is 19.6 Å². The summed E-state index contributed by atoms with van der Waals surface area (Å²) in [7, 11) is 0. The second-order valence-corrected chi connectivity index (χ2v) is 6.26. The zero-order chi connectivity index (χ0) is 16.7. The SMILES string of the molecule is CCOC(=O)CCC(=N)CCc1ccc(OCC2CC2)c(C)c1. The summed E-state index contributed by atoms with van der Waals surface area (Å²) < 4.78 is 10.7. The van der Waals surface area contributed by atoms with Gasteiger partial charge in [0.25, 0.3) is 0 Å². The molecule has 0 amide bonds. The van der Waals surface area contributed by atoms with Gasteiger partial charge in [0.2, 0.25) is 0 Å². The van der Waals surface area contributed by atoms with Gasteiger partial charge in [-0.15, -0.1) is 0 Å². The van der Waals surface area contributed by atoms with Crippen LogP contribution in [-0.2, 0) is 16.0 Å². The van der Waals surface area contributed by atoms with Gasteiger partial charge in [-0.3, -0.25) is 4.79 Å². The van der Waals surface area contributed by atoms with Crippen LogP contribution in [0.4, 0.5) is 0 Å². The lowest BCUT2D eigenvalue weighted by Gasteiger charge is -2.10. The zero-order valence-electron chi connectivity index (χ0n) is 14.2. The Morgan fingerprint density at radius 1 is 1.26 bits per heavy atom. The Hall–Kier alpha value is -1.84. The molecule has 1 aliphatic carbocycles. The highest BCUT2D eigenvalue weighted by atomic mass is 16.5. The number of rotatable bonds is 10. The fourth-order valence-corrected chi connectivity index (χ4v) is 2.43. The largest absolute Gasteiger partial charge is 0.493 e. The number of esters is 1. The summed E-state index contributed by atoms with van der Waals surface area (Å²) in [6.07, 6.45) is 4.89. The van der Waals surface area contributed by atoms with Crippen molar-refractivity contribution in [1.82, 2.24) is 0 Å². The normalized spacial score (nSPS) is 13.7. The first-order valence-corrected chi connectivity index (χ1v) is 8.52. The molecule has 0 aromatic heterocycles. The van der Waals surface area contributed by atoms with Crippen molar-refractivity contribution in [3.63, 3.8) is 0 Å². The van der Waals surface area contributed by atoms with E-state index in [0.717, 1.165) is 30.3 Å². The molecule has 0 heterocycles. The number of aryl methyl sites for hydroxylation is 2. The average molecular weight is 317 g/mol. The van der Waals surface area contributed by atoms with E-state index in [1.165, 1.54) is 18.4 Å². The number of benzene rings is 1. The first-order valence-electron chi connectivity index (χ1n) is 8.52. The predicted molar refractivity (Wildman–Crippen MR) is 91.3 cm³/mol. The van der Waals surface area contributed by atoms with Gasteiger partial charge >= 0.3 is 5.97 Å². The van der Waals surface area contributed by atoms with Crippen molar-refractivity contribution < 1.29 is 14.3 Å². The molecule has 1 aromatic rings. The Balaban J connectivity index is 1.73. The van der Waals surface area contributed by atoms with Crippen LogP contribution in [-0.4, -0.2) is 24.9 Å². The van der Waals surface area contributed by atoms with Gasteiger partial charge < -0.3 is 14.9 Å². The highest BCUT2D eigenvalue weighted by Gasteiger charge is 2.22. The molecule has 1 N–H and O–H groups in total. The number of hydrogen-bond acceptors (Lipinski definition) is 4. The number of carbonyl (C=O) groups excluding carboxylic acids is 1. The maximum absolute atomic E-state index is 11.3. The van der Waals surface area contributed by atoms with Crippen LogP contribution in [0.5, 0.6) is 5.75 Å². The molecule has 2 rings (SSSR count). The third-order valence-electron chi connectivity index (χ3n) is 4.06. The molecule has 0 unspecified atom stereocenters. The monoisotopic (exact) mass is 317 g/mol. The number of hydrogen-bond donors (Lipinski definition) is 1. The molecule has 0 spiro atoms. The first kappa shape index (κ1) is 17.5. The summed E-state index contributed by atoms with van der Waals surface area (Å²) in [5.41, 5.74) is 2.97. The van der Waals surface area contributed by atoms with Crippen LogP contribution in [0.1, 0.15) is 50.2 Å². The Kier molecular flexibility index (Phi) is 6.63. The maximum Gasteiger partial charge on any atom is 0.306 e. The number of ether oxygens (including phenoxy) is 2. The molecule has 1 aliphatic rings. The van der Waals surface area contributed by atoms with Crippen molar-refractivity contribution in [2.45, 2.75) is 52.4 Å². The quantitative estimate of drug-likeness (QED) is 0.522. The van der Waals surface area contributed by atoms with Gasteiger partial charge in [-0.25, -0.2) is 0 Å². The van der Waals surface area contributed by atoms with E-state index in [4.69, 9.17) is 14.9 Å². The molecule has 0 aliphatic heterocycles. The van der Waals surface area contributed by atoms with Crippen LogP contribution in [0.2, 0.25) is 0 Å². The van der Waals surface area contributed by atoms with Crippen molar-refractivity contribution in [3.8, 4) is 5.75 Å². The lowest BCUT2D eigenvalue weighted by molar-refractivity contribution is -0.142. The molecular formula is C19H27NO3. The van der Waals surface area contributed by atoms with Crippen LogP contribution in [0.3, 0.4) is 0 Å². The number of nitrogens with one attached hydrogen (secondary N) is 1. The van der Waals surface area contributed by atoms with Crippen LogP contribution < -0.4 is 4.74 Å². The Morgan fingerprint density at radius 3 is 2.70 bits per heavy atom. The Labute approximate surface area is 138 Å². The van der Waals surface area contributed by atoms with E-state index in [2.05, 4.69) is 19.1 Å². The second kappa shape index (κ2) is 8.70. The molecule has 23 heavy (non-hydrogen) atoms. The summed E-state index contributed by atoms with van der Waals surface area (Å²) in [5, 5.41) is 7.95. The fourth-order valence-electron chi connectivity index (χ4n) is 2.43. The van der Waals surface area contributed by atoms with Crippen molar-refractivity contribution >= 4 is 11.7 Å². The molecular weight excluding hydrogens is 290 g/mol. The van der Waals surface area contributed by atoms with E-state index >= 15 is 0 Å². The minimum Gasteiger partial charge on any atom is -0.493 e. The molecule has 0 saturated heterocycles. The van der Waals surface area contributed by atoms with E-state index in [-0.39, 0.29) is 5.97 Å². The molecule has 0 atom stereocenters. The zero-order valence-corrected chi connectivity index (χ0v) is 14.2. The standard InChI is InChI=1S/C19H27NO3/c1-3-22-19(21)11-9-17(20)8-6-15-7-10-18(14(2)12-15)23-13-16-4-5-16/h7,10,12,16,20H,3-6,8-9,11,13H2,1-2H3. The second-order valence-electron chi connectivity index (χ2n) is 6.26. The van der Waals surface area contributed by atoms with Gasteiger partial charge in [-0.2, -0.15) is 0 Å². The summed E-state index contributed by atoms with van der Waals surface area (Å²) >= 11 is 0. The third-order valence-corrected chi connectivity index (χ3v) is 4.06. The minimum atomic E-state index is -0.217. The topological polar surface area (TPSA) is 59.4 Å². The van der Waals surface area contributed by atoms with Crippen molar-refractivity contribution in [3.05, 3.63) is 29.3 Å². The van der Waals surface area contributed by atoms with Gasteiger partial charge in [-0.1, -0.05) is 12.1 Å². The molecule has 4 nitrogen and oxygen atoms in total. The first-order chi connectivity index (χ1) is 11.1. The van der Waals surface area contributed by atoms with E-state index in [0.29, 0.717) is 31.6 Å². The van der Waals surface area contributed by atoms with Gasteiger partial charge in [-0.05, 0) is 69.1 Å². The average Bonchev–Trinajstić information content (AvgIpc) is 3.34. The van der Waals surface area contributed by atoms with Crippen LogP contribution in [0.25, 0.3) is 0 Å². The molecule has 0 bridgehead atoms. The minimum absolute atomic E-state index is 0.217. The van der Waals surface area contributed by atoms with Crippen LogP contribution >= 0.6 is 0 Å². The Morgan fingerprint density at radius 2 is 2.04 bits per heavy atom. The molecule has 126 valence electrons. The molecule has 4 heteroatoms. The van der Waals surface area contributed by atoms with Crippen molar-refractivity contribution in [1.29, 1.82) is 5.41 Å². The van der Waals surface area contributed by atoms with E-state index < -0.39 is 0 Å². The number of carbonyl (C=O) groups is 1. The molecule has 1 saturated carbocycles. The smallest absolute Gasteiger partial charge is 0.306 e. The van der Waals surface area contributed by atoms with E-state index in [9.17, 15) is 4.79 Å². The predicted octanol–water partition coefficient (Wildman–Crippen LogP) is 4.08. The van der Waals surface area contributed by atoms with Crippen LogP contribution in [0.15, 0.2) is 18.2 Å². The lowest BCUT2D eigenvalue weighted by Crippen LogP contribution is -2.08.